The number of aromatic nitrogens is 3. The van der Waals surface area contributed by atoms with E-state index in [-0.39, 0.29) is 5.56 Å². The van der Waals surface area contributed by atoms with Gasteiger partial charge in [0.1, 0.15) is 0 Å². The van der Waals surface area contributed by atoms with Crippen molar-refractivity contribution in [2.24, 2.45) is 11.8 Å². The van der Waals surface area contributed by atoms with Crippen molar-refractivity contribution in [2.75, 3.05) is 18.0 Å². The molecule has 4 rings (SSSR count). The molecule has 0 radical (unpaired) electrons. The van der Waals surface area contributed by atoms with E-state index in [2.05, 4.69) is 15.0 Å². The molecular weight excluding hydrogens is 284 g/mol. The minimum absolute atomic E-state index is 0.0763. The largest absolute Gasteiger partial charge is 0.346 e. The molecule has 3 heterocycles. The smallest absolute Gasteiger partial charge is 0.275 e. The predicted octanol–water partition coefficient (Wildman–Crippen LogP) is 2.48. The minimum atomic E-state index is -0.0763. The molecule has 2 aromatic rings. The SMILES string of the molecule is Cc1cc(=O)n2nc(N3CCC4CCCCC4C3)sc2n1. The van der Waals surface area contributed by atoms with Crippen LogP contribution in [0.15, 0.2) is 10.9 Å². The van der Waals surface area contributed by atoms with Crippen LogP contribution in [0.3, 0.4) is 0 Å². The molecule has 21 heavy (non-hydrogen) atoms. The fourth-order valence-electron chi connectivity index (χ4n) is 3.81. The van der Waals surface area contributed by atoms with Gasteiger partial charge < -0.3 is 4.90 Å². The normalized spacial score (nSPS) is 26.0. The molecule has 1 saturated heterocycles. The van der Waals surface area contributed by atoms with E-state index < -0.39 is 0 Å². The van der Waals surface area contributed by atoms with Crippen LogP contribution in [-0.2, 0) is 0 Å². The number of aryl methyl sites for hydroxylation is 1. The van der Waals surface area contributed by atoms with E-state index in [0.29, 0.717) is 4.96 Å². The lowest BCUT2D eigenvalue weighted by atomic mass is 9.75. The molecule has 5 nitrogen and oxygen atoms in total. The summed E-state index contributed by atoms with van der Waals surface area (Å²) >= 11 is 1.54. The van der Waals surface area contributed by atoms with E-state index >= 15 is 0 Å². The number of fused-ring (bicyclic) bond motifs is 2. The lowest BCUT2D eigenvalue weighted by Crippen LogP contribution is -2.41. The average molecular weight is 304 g/mol. The molecule has 2 atom stereocenters. The van der Waals surface area contributed by atoms with Crippen molar-refractivity contribution in [3.8, 4) is 0 Å². The summed E-state index contributed by atoms with van der Waals surface area (Å²) in [5, 5.41) is 5.45. The molecular formula is C15H20N4OS. The molecule has 1 aliphatic carbocycles. The summed E-state index contributed by atoms with van der Waals surface area (Å²) < 4.78 is 1.44. The fourth-order valence-corrected chi connectivity index (χ4v) is 4.80. The van der Waals surface area contributed by atoms with Crippen LogP contribution in [-0.4, -0.2) is 27.7 Å². The average Bonchev–Trinajstić information content (AvgIpc) is 2.91. The third kappa shape index (κ3) is 2.35. The maximum Gasteiger partial charge on any atom is 0.275 e. The Morgan fingerprint density at radius 2 is 2.05 bits per heavy atom. The van der Waals surface area contributed by atoms with Gasteiger partial charge in [0.2, 0.25) is 10.1 Å². The summed E-state index contributed by atoms with van der Waals surface area (Å²) in [6, 6.07) is 1.55. The highest BCUT2D eigenvalue weighted by Gasteiger charge is 2.32. The van der Waals surface area contributed by atoms with Gasteiger partial charge in [0.15, 0.2) is 0 Å². The molecule has 1 saturated carbocycles. The number of hydrogen-bond acceptors (Lipinski definition) is 5. The first-order valence-corrected chi connectivity index (χ1v) is 8.65. The highest BCUT2D eigenvalue weighted by atomic mass is 32.1. The number of piperidine rings is 1. The maximum atomic E-state index is 12.0. The molecule has 1 aliphatic heterocycles. The zero-order valence-corrected chi connectivity index (χ0v) is 13.1. The Kier molecular flexibility index (Phi) is 3.21. The van der Waals surface area contributed by atoms with Gasteiger partial charge in [-0.05, 0) is 31.6 Å². The van der Waals surface area contributed by atoms with Gasteiger partial charge in [-0.3, -0.25) is 4.79 Å². The third-order valence-electron chi connectivity index (χ3n) is 4.92. The molecule has 0 bridgehead atoms. The Balaban J connectivity index is 1.64. The van der Waals surface area contributed by atoms with Crippen LogP contribution in [0, 0.1) is 18.8 Å². The summed E-state index contributed by atoms with van der Waals surface area (Å²) in [7, 11) is 0. The maximum absolute atomic E-state index is 12.0. The van der Waals surface area contributed by atoms with Crippen molar-refractivity contribution in [1.29, 1.82) is 0 Å². The van der Waals surface area contributed by atoms with Gasteiger partial charge in [-0.25, -0.2) is 4.98 Å². The second kappa shape index (κ2) is 5.09. The highest BCUT2D eigenvalue weighted by Crippen LogP contribution is 2.38. The van der Waals surface area contributed by atoms with E-state index in [1.165, 1.54) is 48.0 Å². The lowest BCUT2D eigenvalue weighted by molar-refractivity contribution is 0.202. The van der Waals surface area contributed by atoms with Gasteiger partial charge >= 0.3 is 0 Å². The molecule has 2 unspecified atom stereocenters. The van der Waals surface area contributed by atoms with Crippen LogP contribution in [0.1, 0.15) is 37.8 Å². The molecule has 0 spiro atoms. The topological polar surface area (TPSA) is 50.5 Å². The first-order valence-electron chi connectivity index (χ1n) is 7.83. The molecule has 0 N–H and O–H groups in total. The monoisotopic (exact) mass is 304 g/mol. The molecule has 2 fully saturated rings. The van der Waals surface area contributed by atoms with Crippen molar-refractivity contribution in [1.82, 2.24) is 14.6 Å². The van der Waals surface area contributed by atoms with Gasteiger partial charge in [-0.2, -0.15) is 4.52 Å². The fraction of sp³-hybridized carbons (Fsp3) is 0.667. The van der Waals surface area contributed by atoms with Crippen LogP contribution in [0.5, 0.6) is 0 Å². The summed E-state index contributed by atoms with van der Waals surface area (Å²) in [4.78, 5) is 19.5. The van der Waals surface area contributed by atoms with E-state index in [1.807, 2.05) is 6.92 Å². The Morgan fingerprint density at radius 3 is 2.90 bits per heavy atom. The van der Waals surface area contributed by atoms with Crippen molar-refractivity contribution >= 4 is 21.4 Å². The van der Waals surface area contributed by atoms with Crippen molar-refractivity contribution in [3.05, 3.63) is 22.1 Å². The molecule has 2 aliphatic rings. The zero-order valence-electron chi connectivity index (χ0n) is 12.3. The van der Waals surface area contributed by atoms with E-state index in [4.69, 9.17) is 0 Å². The number of anilines is 1. The number of rotatable bonds is 1. The van der Waals surface area contributed by atoms with Crippen LogP contribution in [0.4, 0.5) is 5.13 Å². The first-order chi connectivity index (χ1) is 10.2. The molecule has 6 heteroatoms. The zero-order chi connectivity index (χ0) is 14.4. The Morgan fingerprint density at radius 1 is 1.24 bits per heavy atom. The van der Waals surface area contributed by atoms with E-state index in [0.717, 1.165) is 35.8 Å². The molecule has 2 aromatic heterocycles. The standard InChI is InChI=1S/C15H20N4OS/c1-10-8-13(20)19-14(16-10)21-15(17-19)18-7-6-11-4-2-3-5-12(11)9-18/h8,11-12H,2-7,9H2,1H3. The minimum Gasteiger partial charge on any atom is -0.346 e. The third-order valence-corrected chi connectivity index (χ3v) is 5.89. The summed E-state index contributed by atoms with van der Waals surface area (Å²) in [6.45, 7) is 4.02. The predicted molar refractivity (Wildman–Crippen MR) is 84.1 cm³/mol. The highest BCUT2D eigenvalue weighted by molar-refractivity contribution is 7.20. The Bertz CT molecular complexity index is 722. The Labute approximate surface area is 127 Å². The van der Waals surface area contributed by atoms with Crippen LogP contribution >= 0.6 is 11.3 Å². The van der Waals surface area contributed by atoms with Gasteiger partial charge in [-0.1, -0.05) is 30.6 Å². The van der Waals surface area contributed by atoms with Crippen LogP contribution < -0.4 is 10.5 Å². The van der Waals surface area contributed by atoms with Gasteiger partial charge in [0.05, 0.1) is 0 Å². The van der Waals surface area contributed by atoms with Crippen LogP contribution in [0.2, 0.25) is 0 Å². The van der Waals surface area contributed by atoms with Crippen LogP contribution in [0.25, 0.3) is 4.96 Å². The van der Waals surface area contributed by atoms with E-state index in [9.17, 15) is 4.79 Å². The lowest BCUT2D eigenvalue weighted by Gasteiger charge is -2.41. The number of hydrogen-bond donors (Lipinski definition) is 0. The van der Waals surface area contributed by atoms with E-state index in [1.54, 1.807) is 6.07 Å². The van der Waals surface area contributed by atoms with Crippen molar-refractivity contribution in [2.45, 2.75) is 39.0 Å². The quantitative estimate of drug-likeness (QED) is 0.812. The molecule has 112 valence electrons. The van der Waals surface area contributed by atoms with Gasteiger partial charge in [-0.15, -0.1) is 5.10 Å². The summed E-state index contributed by atoms with van der Waals surface area (Å²) in [5.74, 6) is 1.72. The van der Waals surface area contributed by atoms with Crippen molar-refractivity contribution < 1.29 is 0 Å². The van der Waals surface area contributed by atoms with Crippen molar-refractivity contribution in [3.63, 3.8) is 0 Å². The molecule has 0 aromatic carbocycles. The second-order valence-electron chi connectivity index (χ2n) is 6.35. The Hall–Kier alpha value is -1.43. The summed E-state index contributed by atoms with van der Waals surface area (Å²) in [6.07, 6.45) is 6.79. The summed E-state index contributed by atoms with van der Waals surface area (Å²) in [5.41, 5.74) is 0.689. The van der Waals surface area contributed by atoms with Gasteiger partial charge in [0, 0.05) is 24.8 Å². The number of nitrogens with zero attached hydrogens (tertiary/aromatic N) is 4. The first kappa shape index (κ1) is 13.2. The molecule has 0 amide bonds. The second-order valence-corrected chi connectivity index (χ2v) is 7.29. The van der Waals surface area contributed by atoms with Gasteiger partial charge in [0.25, 0.3) is 5.56 Å².